The molecule has 0 saturated carbocycles. The fraction of sp³-hybridized carbons (Fsp3) is 0.875. The topological polar surface area (TPSA) is 26.3 Å². The normalized spacial score (nSPS) is 11.8. The third-order valence-electron chi connectivity index (χ3n) is 1.07. The van der Waals surface area contributed by atoms with Gasteiger partial charge in [-0.3, -0.25) is 9.28 Å². The molecule has 0 aromatic rings. The van der Waals surface area contributed by atoms with E-state index in [1.54, 1.807) is 0 Å². The summed E-state index contributed by atoms with van der Waals surface area (Å²) in [6, 6.07) is 0. The smallest absolute Gasteiger partial charge is 0.312 e. The van der Waals surface area contributed by atoms with Gasteiger partial charge in [0.2, 0.25) is 6.73 Å². The van der Waals surface area contributed by atoms with Crippen LogP contribution < -0.4 is 0 Å². The highest BCUT2D eigenvalue weighted by atomic mass is 16.5. The lowest BCUT2D eigenvalue weighted by Crippen LogP contribution is -2.38. The Morgan fingerprint density at radius 2 is 1.82 bits per heavy atom. The molecule has 0 fully saturated rings. The van der Waals surface area contributed by atoms with Crippen molar-refractivity contribution in [1.82, 2.24) is 0 Å². The van der Waals surface area contributed by atoms with Crippen molar-refractivity contribution >= 4 is 5.97 Å². The first-order valence-corrected chi connectivity index (χ1v) is 3.80. The second kappa shape index (κ2) is 3.72. The van der Waals surface area contributed by atoms with Crippen LogP contribution in [-0.2, 0) is 9.53 Å². The first-order valence-electron chi connectivity index (χ1n) is 3.80. The highest BCUT2D eigenvalue weighted by Gasteiger charge is 2.13. The highest BCUT2D eigenvalue weighted by molar-refractivity contribution is 5.71. The zero-order chi connectivity index (χ0) is 9.07. The van der Waals surface area contributed by atoms with Crippen LogP contribution in [0.3, 0.4) is 0 Å². The molecule has 0 aliphatic heterocycles. The molecular formula is C8H18NO2+. The summed E-state index contributed by atoms with van der Waals surface area (Å²) in [4.78, 5) is 11.0. The second-order valence-corrected chi connectivity index (χ2v) is 4.04. The molecular weight excluding hydrogens is 142 g/mol. The molecule has 3 heteroatoms. The van der Waals surface area contributed by atoms with Crippen LogP contribution in [0, 0.1) is 5.92 Å². The van der Waals surface area contributed by atoms with Crippen molar-refractivity contribution in [2.24, 2.45) is 5.92 Å². The van der Waals surface area contributed by atoms with E-state index >= 15 is 0 Å². The minimum atomic E-state index is -0.127. The Morgan fingerprint density at radius 3 is 2.09 bits per heavy atom. The minimum Gasteiger partial charge on any atom is -0.415 e. The SMILES string of the molecule is CC(C)C(=O)OC[N+](C)(C)C. The Bertz CT molecular complexity index is 136. The summed E-state index contributed by atoms with van der Waals surface area (Å²) < 4.78 is 5.65. The van der Waals surface area contributed by atoms with E-state index in [2.05, 4.69) is 0 Å². The Balaban J connectivity index is 3.64. The molecule has 0 aromatic heterocycles. The van der Waals surface area contributed by atoms with Gasteiger partial charge in [0.25, 0.3) is 0 Å². The van der Waals surface area contributed by atoms with Gasteiger partial charge in [0, 0.05) is 0 Å². The molecule has 0 radical (unpaired) electrons. The first kappa shape index (κ1) is 10.4. The lowest BCUT2D eigenvalue weighted by molar-refractivity contribution is -0.888. The zero-order valence-corrected chi connectivity index (χ0v) is 8.05. The van der Waals surface area contributed by atoms with Crippen LogP contribution in [0.5, 0.6) is 0 Å². The maximum absolute atomic E-state index is 11.0. The number of carbonyl (C=O) groups is 1. The van der Waals surface area contributed by atoms with Gasteiger partial charge in [-0.05, 0) is 0 Å². The van der Waals surface area contributed by atoms with Gasteiger partial charge in [-0.25, -0.2) is 0 Å². The van der Waals surface area contributed by atoms with E-state index in [0.29, 0.717) is 11.2 Å². The maximum atomic E-state index is 11.0. The van der Waals surface area contributed by atoms with Gasteiger partial charge in [-0.1, -0.05) is 13.8 Å². The fourth-order valence-electron chi connectivity index (χ4n) is 0.424. The molecule has 0 saturated heterocycles. The molecule has 0 amide bonds. The Hall–Kier alpha value is -0.570. The zero-order valence-electron chi connectivity index (χ0n) is 8.05. The number of nitrogens with zero attached hydrogens (tertiary/aromatic N) is 1. The van der Waals surface area contributed by atoms with Crippen LogP contribution in [0.15, 0.2) is 0 Å². The molecule has 0 heterocycles. The monoisotopic (exact) mass is 160 g/mol. The number of carbonyl (C=O) groups excluding carboxylic acids is 1. The number of quaternary nitrogens is 1. The van der Waals surface area contributed by atoms with Crippen molar-refractivity contribution in [2.45, 2.75) is 13.8 Å². The molecule has 0 bridgehead atoms. The van der Waals surface area contributed by atoms with Gasteiger partial charge in [0.1, 0.15) is 0 Å². The van der Waals surface area contributed by atoms with E-state index in [9.17, 15) is 4.79 Å². The van der Waals surface area contributed by atoms with Gasteiger partial charge in [0.15, 0.2) is 0 Å². The number of hydrogen-bond donors (Lipinski definition) is 0. The van der Waals surface area contributed by atoms with E-state index in [4.69, 9.17) is 4.74 Å². The van der Waals surface area contributed by atoms with Crippen molar-refractivity contribution in [3.63, 3.8) is 0 Å². The number of esters is 1. The average molecular weight is 160 g/mol. The number of ether oxygens (including phenoxy) is 1. The van der Waals surface area contributed by atoms with Gasteiger partial charge in [-0.2, -0.15) is 0 Å². The van der Waals surface area contributed by atoms with E-state index in [0.717, 1.165) is 0 Å². The highest BCUT2D eigenvalue weighted by Crippen LogP contribution is 1.98. The van der Waals surface area contributed by atoms with Gasteiger partial charge < -0.3 is 4.74 Å². The van der Waals surface area contributed by atoms with E-state index in [-0.39, 0.29) is 11.9 Å². The largest absolute Gasteiger partial charge is 0.415 e. The third-order valence-corrected chi connectivity index (χ3v) is 1.07. The first-order chi connectivity index (χ1) is 4.83. The molecule has 0 aliphatic rings. The molecule has 0 rings (SSSR count). The lowest BCUT2D eigenvalue weighted by Gasteiger charge is -2.23. The van der Waals surface area contributed by atoms with Crippen molar-refractivity contribution in [2.75, 3.05) is 27.9 Å². The average Bonchev–Trinajstić information content (AvgIpc) is 1.80. The lowest BCUT2D eigenvalue weighted by atomic mass is 10.2. The van der Waals surface area contributed by atoms with Gasteiger partial charge in [0.05, 0.1) is 27.1 Å². The Kier molecular flexibility index (Phi) is 3.52. The molecule has 0 aliphatic carbocycles. The van der Waals surface area contributed by atoms with Crippen molar-refractivity contribution in [1.29, 1.82) is 0 Å². The van der Waals surface area contributed by atoms with Crippen LogP contribution in [-0.4, -0.2) is 38.3 Å². The van der Waals surface area contributed by atoms with Crippen LogP contribution in [0.4, 0.5) is 0 Å². The van der Waals surface area contributed by atoms with E-state index in [1.165, 1.54) is 0 Å². The second-order valence-electron chi connectivity index (χ2n) is 4.04. The number of hydrogen-bond acceptors (Lipinski definition) is 2. The van der Waals surface area contributed by atoms with Gasteiger partial charge in [-0.15, -0.1) is 0 Å². The van der Waals surface area contributed by atoms with Crippen LogP contribution >= 0.6 is 0 Å². The predicted octanol–water partition coefficient (Wildman–Crippen LogP) is 0.849. The molecule has 0 spiro atoms. The Morgan fingerprint density at radius 1 is 1.36 bits per heavy atom. The molecule has 0 unspecified atom stereocenters. The van der Waals surface area contributed by atoms with E-state index < -0.39 is 0 Å². The summed E-state index contributed by atoms with van der Waals surface area (Å²) in [6.07, 6.45) is 0. The third kappa shape index (κ3) is 5.85. The van der Waals surface area contributed by atoms with Crippen molar-refractivity contribution < 1.29 is 14.0 Å². The minimum absolute atomic E-state index is 0.0263. The van der Waals surface area contributed by atoms with Crippen molar-refractivity contribution in [3.05, 3.63) is 0 Å². The summed E-state index contributed by atoms with van der Waals surface area (Å²) in [5, 5.41) is 0. The predicted molar refractivity (Wildman–Crippen MR) is 43.8 cm³/mol. The maximum Gasteiger partial charge on any atom is 0.312 e. The summed E-state index contributed by atoms with van der Waals surface area (Å²) in [6.45, 7) is 4.10. The fourth-order valence-corrected chi connectivity index (χ4v) is 0.424. The summed E-state index contributed by atoms with van der Waals surface area (Å²) in [5.41, 5.74) is 0. The van der Waals surface area contributed by atoms with Crippen LogP contribution in [0.25, 0.3) is 0 Å². The standard InChI is InChI=1S/C8H18NO2/c1-7(2)8(10)11-6-9(3,4)5/h7H,6H2,1-5H3/q+1. The van der Waals surface area contributed by atoms with Gasteiger partial charge >= 0.3 is 5.97 Å². The molecule has 0 atom stereocenters. The van der Waals surface area contributed by atoms with E-state index in [1.807, 2.05) is 35.0 Å². The summed E-state index contributed by atoms with van der Waals surface area (Å²) in [7, 11) is 5.94. The Labute approximate surface area is 68.5 Å². The molecule has 0 N–H and O–H groups in total. The summed E-state index contributed by atoms with van der Waals surface area (Å²) >= 11 is 0. The van der Waals surface area contributed by atoms with Crippen molar-refractivity contribution in [3.8, 4) is 0 Å². The van der Waals surface area contributed by atoms with Crippen LogP contribution in [0.1, 0.15) is 13.8 Å². The molecule has 66 valence electrons. The molecule has 0 aromatic carbocycles. The molecule has 11 heavy (non-hydrogen) atoms. The quantitative estimate of drug-likeness (QED) is 0.347. The van der Waals surface area contributed by atoms with Crippen LogP contribution in [0.2, 0.25) is 0 Å². The number of rotatable bonds is 3. The molecule has 3 nitrogen and oxygen atoms in total. The summed E-state index contributed by atoms with van der Waals surface area (Å²) in [5.74, 6) is -0.153.